The number of hydrogen-bond donors (Lipinski definition) is 2. The number of phenolic OH excluding ortho intramolecular Hbond substituents is 1. The molecule has 0 bridgehead atoms. The van der Waals surface area contributed by atoms with Crippen LogP contribution in [0.3, 0.4) is 0 Å². The molecule has 0 radical (unpaired) electrons. The number of aromatic hydroxyl groups is 1. The van der Waals surface area contributed by atoms with Crippen LogP contribution in [-0.4, -0.2) is 11.0 Å². The molecule has 2 aromatic carbocycles. The lowest BCUT2D eigenvalue weighted by Crippen LogP contribution is -2.11. The van der Waals surface area contributed by atoms with Crippen molar-refractivity contribution < 1.29 is 9.90 Å². The van der Waals surface area contributed by atoms with E-state index in [-0.39, 0.29) is 11.7 Å². The number of anilines is 1. The Bertz CT molecular complexity index is 579. The van der Waals surface area contributed by atoms with Crippen LogP contribution in [0.15, 0.2) is 46.9 Å². The second-order valence-electron chi connectivity index (χ2n) is 3.96. The van der Waals surface area contributed by atoms with Gasteiger partial charge in [0.05, 0.1) is 0 Å². The number of carbonyl (C=O) groups is 1. The number of phenols is 1. The second kappa shape index (κ2) is 5.23. The van der Waals surface area contributed by atoms with Crippen LogP contribution in [0.1, 0.15) is 15.9 Å². The normalized spacial score (nSPS) is 10.1. The fourth-order valence-corrected chi connectivity index (χ4v) is 1.80. The van der Waals surface area contributed by atoms with Gasteiger partial charge in [0.25, 0.3) is 5.91 Å². The molecule has 1 amide bonds. The molecule has 0 unspecified atom stereocenters. The molecule has 2 rings (SSSR count). The number of rotatable bonds is 2. The number of amides is 1. The SMILES string of the molecule is Cc1cc(NC(=O)c2ccc(Br)cc2)ccc1O. The van der Waals surface area contributed by atoms with E-state index >= 15 is 0 Å². The molecular formula is C14H12BrNO2. The van der Waals surface area contributed by atoms with E-state index in [9.17, 15) is 9.90 Å². The van der Waals surface area contributed by atoms with E-state index in [2.05, 4.69) is 21.2 Å². The van der Waals surface area contributed by atoms with Crippen LogP contribution < -0.4 is 5.32 Å². The van der Waals surface area contributed by atoms with Crippen molar-refractivity contribution >= 4 is 27.5 Å². The third kappa shape index (κ3) is 2.90. The number of aryl methyl sites for hydroxylation is 1. The van der Waals surface area contributed by atoms with Gasteiger partial charge < -0.3 is 10.4 Å². The monoisotopic (exact) mass is 305 g/mol. The maximum absolute atomic E-state index is 11.9. The summed E-state index contributed by atoms with van der Waals surface area (Å²) in [4.78, 5) is 11.9. The van der Waals surface area contributed by atoms with Crippen molar-refractivity contribution in [2.24, 2.45) is 0 Å². The van der Waals surface area contributed by atoms with Crippen LogP contribution in [0, 0.1) is 6.92 Å². The predicted octanol–water partition coefficient (Wildman–Crippen LogP) is 3.72. The minimum Gasteiger partial charge on any atom is -0.508 e. The molecule has 0 aromatic heterocycles. The lowest BCUT2D eigenvalue weighted by atomic mass is 10.2. The molecule has 0 spiro atoms. The summed E-state index contributed by atoms with van der Waals surface area (Å²) in [5, 5.41) is 12.2. The fourth-order valence-electron chi connectivity index (χ4n) is 1.54. The molecule has 0 aliphatic heterocycles. The second-order valence-corrected chi connectivity index (χ2v) is 4.88. The average Bonchev–Trinajstić information content (AvgIpc) is 2.34. The van der Waals surface area contributed by atoms with Crippen molar-refractivity contribution in [2.75, 3.05) is 5.32 Å². The Morgan fingerprint density at radius 1 is 1.17 bits per heavy atom. The van der Waals surface area contributed by atoms with Gasteiger partial charge in [0, 0.05) is 15.7 Å². The maximum Gasteiger partial charge on any atom is 0.255 e. The minimum atomic E-state index is -0.174. The van der Waals surface area contributed by atoms with Gasteiger partial charge in [-0.25, -0.2) is 0 Å². The lowest BCUT2D eigenvalue weighted by Gasteiger charge is -2.07. The summed E-state index contributed by atoms with van der Waals surface area (Å²) in [6.07, 6.45) is 0. The molecule has 0 atom stereocenters. The molecule has 18 heavy (non-hydrogen) atoms. The van der Waals surface area contributed by atoms with Gasteiger partial charge >= 0.3 is 0 Å². The van der Waals surface area contributed by atoms with Gasteiger partial charge in [0.1, 0.15) is 5.75 Å². The van der Waals surface area contributed by atoms with Crippen molar-refractivity contribution in [3.63, 3.8) is 0 Å². The molecule has 3 nitrogen and oxygen atoms in total. The number of carbonyl (C=O) groups excluding carboxylic acids is 1. The summed E-state index contributed by atoms with van der Waals surface area (Å²) in [6, 6.07) is 12.1. The first kappa shape index (κ1) is 12.6. The van der Waals surface area contributed by atoms with Gasteiger partial charge in [-0.05, 0) is 55.0 Å². The number of halogens is 1. The molecule has 2 aromatic rings. The topological polar surface area (TPSA) is 49.3 Å². The van der Waals surface area contributed by atoms with Crippen molar-refractivity contribution in [1.29, 1.82) is 0 Å². The molecule has 0 saturated carbocycles. The number of hydrogen-bond acceptors (Lipinski definition) is 2. The predicted molar refractivity (Wildman–Crippen MR) is 74.9 cm³/mol. The van der Waals surface area contributed by atoms with Crippen molar-refractivity contribution in [2.45, 2.75) is 6.92 Å². The summed E-state index contributed by atoms with van der Waals surface area (Å²) in [6.45, 7) is 1.78. The summed E-state index contributed by atoms with van der Waals surface area (Å²) in [5.74, 6) is 0.0456. The molecule has 0 saturated heterocycles. The Kier molecular flexibility index (Phi) is 3.67. The Morgan fingerprint density at radius 3 is 2.44 bits per heavy atom. The molecule has 0 aliphatic rings. The van der Waals surface area contributed by atoms with E-state index in [1.54, 1.807) is 37.3 Å². The Labute approximate surface area is 114 Å². The number of benzene rings is 2. The highest BCUT2D eigenvalue weighted by Crippen LogP contribution is 2.20. The van der Waals surface area contributed by atoms with Gasteiger partial charge in [-0.2, -0.15) is 0 Å². The highest BCUT2D eigenvalue weighted by atomic mass is 79.9. The molecule has 0 heterocycles. The smallest absolute Gasteiger partial charge is 0.255 e. The van der Waals surface area contributed by atoms with Crippen LogP contribution in [0.25, 0.3) is 0 Å². The number of nitrogens with one attached hydrogen (secondary N) is 1. The molecule has 92 valence electrons. The van der Waals surface area contributed by atoms with E-state index in [1.807, 2.05) is 12.1 Å². The van der Waals surface area contributed by atoms with Crippen molar-refractivity contribution in [3.8, 4) is 5.75 Å². The van der Waals surface area contributed by atoms with Crippen LogP contribution in [0.5, 0.6) is 5.75 Å². The van der Waals surface area contributed by atoms with Crippen molar-refractivity contribution in [1.82, 2.24) is 0 Å². The average molecular weight is 306 g/mol. The zero-order valence-corrected chi connectivity index (χ0v) is 11.4. The molecule has 0 fully saturated rings. The molecule has 0 aliphatic carbocycles. The van der Waals surface area contributed by atoms with E-state index in [0.29, 0.717) is 11.3 Å². The van der Waals surface area contributed by atoms with Gasteiger partial charge in [-0.3, -0.25) is 4.79 Å². The largest absolute Gasteiger partial charge is 0.508 e. The van der Waals surface area contributed by atoms with E-state index < -0.39 is 0 Å². The summed E-state index contributed by atoms with van der Waals surface area (Å²) < 4.78 is 0.930. The zero-order valence-electron chi connectivity index (χ0n) is 9.77. The van der Waals surface area contributed by atoms with E-state index in [0.717, 1.165) is 10.0 Å². The van der Waals surface area contributed by atoms with E-state index in [1.165, 1.54) is 0 Å². The third-order valence-electron chi connectivity index (χ3n) is 2.56. The molecule has 4 heteroatoms. The van der Waals surface area contributed by atoms with Gasteiger partial charge in [0.2, 0.25) is 0 Å². The van der Waals surface area contributed by atoms with Gasteiger partial charge in [-0.1, -0.05) is 15.9 Å². The maximum atomic E-state index is 11.9. The quantitative estimate of drug-likeness (QED) is 0.831. The third-order valence-corrected chi connectivity index (χ3v) is 3.09. The van der Waals surface area contributed by atoms with Crippen molar-refractivity contribution in [3.05, 3.63) is 58.1 Å². The van der Waals surface area contributed by atoms with Crippen LogP contribution in [0.2, 0.25) is 0 Å². The Morgan fingerprint density at radius 2 is 1.83 bits per heavy atom. The lowest BCUT2D eigenvalue weighted by molar-refractivity contribution is 0.102. The summed E-state index contributed by atoms with van der Waals surface area (Å²) in [5.41, 5.74) is 1.98. The Hall–Kier alpha value is -1.81. The van der Waals surface area contributed by atoms with Crippen LogP contribution in [-0.2, 0) is 0 Å². The first-order valence-electron chi connectivity index (χ1n) is 5.43. The molecular weight excluding hydrogens is 294 g/mol. The Balaban J connectivity index is 2.16. The highest BCUT2D eigenvalue weighted by Gasteiger charge is 2.06. The molecule has 2 N–H and O–H groups in total. The summed E-state index contributed by atoms with van der Waals surface area (Å²) >= 11 is 3.32. The highest BCUT2D eigenvalue weighted by molar-refractivity contribution is 9.10. The standard InChI is InChI=1S/C14H12BrNO2/c1-9-8-12(6-7-13(9)17)16-14(18)10-2-4-11(15)5-3-10/h2-8,17H,1H3,(H,16,18). The van der Waals surface area contributed by atoms with Crippen LogP contribution >= 0.6 is 15.9 Å². The summed E-state index contributed by atoms with van der Waals surface area (Å²) in [7, 11) is 0. The van der Waals surface area contributed by atoms with Crippen LogP contribution in [0.4, 0.5) is 5.69 Å². The zero-order chi connectivity index (χ0) is 13.1. The fraction of sp³-hybridized carbons (Fsp3) is 0.0714. The minimum absolute atomic E-state index is 0.174. The van der Waals surface area contributed by atoms with Gasteiger partial charge in [0.15, 0.2) is 0 Å². The van der Waals surface area contributed by atoms with Gasteiger partial charge in [-0.15, -0.1) is 0 Å². The first-order chi connectivity index (χ1) is 8.56. The van der Waals surface area contributed by atoms with E-state index in [4.69, 9.17) is 0 Å². The first-order valence-corrected chi connectivity index (χ1v) is 6.22.